The minimum atomic E-state index is -0.278. The van der Waals surface area contributed by atoms with E-state index in [1.807, 2.05) is 42.5 Å². The number of H-pyrrole nitrogens is 1. The van der Waals surface area contributed by atoms with E-state index in [0.29, 0.717) is 34.5 Å². The molecule has 0 saturated heterocycles. The van der Waals surface area contributed by atoms with Gasteiger partial charge in [0.1, 0.15) is 12.4 Å². The number of allylic oxidation sites excluding steroid dienone is 1. The Morgan fingerprint density at radius 3 is 2.79 bits per heavy atom. The molecule has 0 radical (unpaired) electrons. The Morgan fingerprint density at radius 2 is 2.00 bits per heavy atom. The molecule has 4 rings (SSSR count). The molecule has 1 N–H and O–H groups in total. The predicted molar refractivity (Wildman–Crippen MR) is 109 cm³/mol. The number of benzene rings is 2. The average Bonchev–Trinajstić information content (AvgIpc) is 3.14. The summed E-state index contributed by atoms with van der Waals surface area (Å²) >= 11 is 6.08. The number of ether oxygens (including phenoxy) is 1. The Bertz CT molecular complexity index is 1200. The summed E-state index contributed by atoms with van der Waals surface area (Å²) in [6.45, 7) is 3.93. The zero-order chi connectivity index (χ0) is 19.5. The van der Waals surface area contributed by atoms with Crippen molar-refractivity contribution < 1.29 is 4.74 Å². The van der Waals surface area contributed by atoms with Crippen LogP contribution in [0.3, 0.4) is 0 Å². The summed E-state index contributed by atoms with van der Waals surface area (Å²) < 4.78 is 7.14. The molecule has 6 nitrogen and oxygen atoms in total. The summed E-state index contributed by atoms with van der Waals surface area (Å²) in [6.07, 6.45) is 2.46. The highest BCUT2D eigenvalue weighted by Gasteiger charge is 2.11. The molecule has 0 fully saturated rings. The molecule has 0 spiro atoms. The van der Waals surface area contributed by atoms with E-state index in [0.717, 1.165) is 11.1 Å². The first-order valence-electron chi connectivity index (χ1n) is 8.70. The van der Waals surface area contributed by atoms with Crippen LogP contribution in [0, 0.1) is 0 Å². The molecule has 2 aromatic carbocycles. The van der Waals surface area contributed by atoms with Gasteiger partial charge < -0.3 is 9.72 Å². The van der Waals surface area contributed by atoms with Gasteiger partial charge in [0, 0.05) is 16.7 Å². The van der Waals surface area contributed by atoms with Crippen LogP contribution in [0.4, 0.5) is 0 Å². The molecule has 2 aromatic heterocycles. The Labute approximate surface area is 166 Å². The molecule has 140 valence electrons. The maximum atomic E-state index is 12.4. The van der Waals surface area contributed by atoms with Crippen molar-refractivity contribution >= 4 is 17.4 Å². The van der Waals surface area contributed by atoms with Crippen LogP contribution in [0.15, 0.2) is 72.0 Å². The highest BCUT2D eigenvalue weighted by Crippen LogP contribution is 2.25. The van der Waals surface area contributed by atoms with E-state index in [1.54, 1.807) is 12.1 Å². The predicted octanol–water partition coefficient (Wildman–Crippen LogP) is 4.05. The van der Waals surface area contributed by atoms with Gasteiger partial charge in [0.25, 0.3) is 5.56 Å². The summed E-state index contributed by atoms with van der Waals surface area (Å²) in [4.78, 5) is 20.0. The summed E-state index contributed by atoms with van der Waals surface area (Å²) in [7, 11) is 0. The third-order valence-corrected chi connectivity index (χ3v) is 4.43. The Balaban J connectivity index is 1.63. The molecule has 0 aliphatic carbocycles. The number of rotatable bonds is 6. The van der Waals surface area contributed by atoms with Gasteiger partial charge in [-0.2, -0.15) is 9.50 Å². The molecular weight excluding hydrogens is 376 g/mol. The molecular formula is C21H17ClN4O2. The number of nitrogens with zero attached hydrogens (tertiary/aromatic N) is 3. The molecule has 0 unspecified atom stereocenters. The van der Waals surface area contributed by atoms with Crippen LogP contribution in [-0.2, 0) is 13.0 Å². The van der Waals surface area contributed by atoms with E-state index in [4.69, 9.17) is 16.3 Å². The molecule has 28 heavy (non-hydrogen) atoms. The van der Waals surface area contributed by atoms with E-state index in [2.05, 4.69) is 21.6 Å². The minimum absolute atomic E-state index is 0.170. The van der Waals surface area contributed by atoms with Crippen LogP contribution in [0.5, 0.6) is 5.75 Å². The number of aromatic nitrogens is 4. The second-order valence-electron chi connectivity index (χ2n) is 6.20. The topological polar surface area (TPSA) is 72.3 Å². The fourth-order valence-corrected chi connectivity index (χ4v) is 3.03. The molecule has 0 amide bonds. The summed E-state index contributed by atoms with van der Waals surface area (Å²) in [6, 6.07) is 16.4. The van der Waals surface area contributed by atoms with E-state index >= 15 is 0 Å². The summed E-state index contributed by atoms with van der Waals surface area (Å²) in [5.74, 6) is 1.50. The SMILES string of the molecule is C=CCc1ccc(Cl)cc1OCc1cc(=O)n2nc(-c3ccccc3)nc2[nH]1. The molecule has 0 saturated carbocycles. The molecule has 2 heterocycles. The van der Waals surface area contributed by atoms with Gasteiger partial charge in [-0.3, -0.25) is 4.79 Å². The van der Waals surface area contributed by atoms with Crippen LogP contribution in [0.2, 0.25) is 5.02 Å². The van der Waals surface area contributed by atoms with Gasteiger partial charge in [-0.25, -0.2) is 0 Å². The number of hydrogen-bond acceptors (Lipinski definition) is 4. The average molecular weight is 393 g/mol. The lowest BCUT2D eigenvalue weighted by Crippen LogP contribution is -2.16. The fraction of sp³-hybridized carbons (Fsp3) is 0.0952. The van der Waals surface area contributed by atoms with Crippen molar-refractivity contribution in [1.29, 1.82) is 0 Å². The van der Waals surface area contributed by atoms with Crippen LogP contribution >= 0.6 is 11.6 Å². The summed E-state index contributed by atoms with van der Waals surface area (Å²) in [5.41, 5.74) is 2.12. The highest BCUT2D eigenvalue weighted by atomic mass is 35.5. The molecule has 0 atom stereocenters. The van der Waals surface area contributed by atoms with E-state index < -0.39 is 0 Å². The van der Waals surface area contributed by atoms with Crippen molar-refractivity contribution in [2.75, 3.05) is 0 Å². The number of aromatic amines is 1. The van der Waals surface area contributed by atoms with Gasteiger partial charge in [0.15, 0.2) is 5.82 Å². The van der Waals surface area contributed by atoms with Crippen molar-refractivity contribution in [1.82, 2.24) is 19.6 Å². The van der Waals surface area contributed by atoms with Crippen molar-refractivity contribution in [2.45, 2.75) is 13.0 Å². The van der Waals surface area contributed by atoms with Crippen molar-refractivity contribution in [3.05, 3.63) is 93.9 Å². The lowest BCUT2D eigenvalue weighted by molar-refractivity contribution is 0.298. The Kier molecular flexibility index (Phi) is 4.95. The second-order valence-corrected chi connectivity index (χ2v) is 6.64. The first-order valence-corrected chi connectivity index (χ1v) is 9.08. The number of fused-ring (bicyclic) bond motifs is 1. The van der Waals surface area contributed by atoms with E-state index in [9.17, 15) is 4.79 Å². The van der Waals surface area contributed by atoms with Crippen molar-refractivity contribution in [2.24, 2.45) is 0 Å². The second kappa shape index (κ2) is 7.70. The molecule has 0 aliphatic heterocycles. The molecule has 0 bridgehead atoms. The zero-order valence-electron chi connectivity index (χ0n) is 14.9. The highest BCUT2D eigenvalue weighted by molar-refractivity contribution is 6.30. The molecule has 4 aromatic rings. The fourth-order valence-electron chi connectivity index (χ4n) is 2.87. The lowest BCUT2D eigenvalue weighted by Gasteiger charge is -2.11. The van der Waals surface area contributed by atoms with Gasteiger partial charge in [-0.05, 0) is 24.1 Å². The van der Waals surface area contributed by atoms with Crippen molar-refractivity contribution in [3.8, 4) is 17.1 Å². The van der Waals surface area contributed by atoms with Crippen LogP contribution in [-0.4, -0.2) is 19.6 Å². The smallest absolute Gasteiger partial charge is 0.276 e. The van der Waals surface area contributed by atoms with Crippen LogP contribution < -0.4 is 10.3 Å². The maximum Gasteiger partial charge on any atom is 0.276 e. The van der Waals surface area contributed by atoms with E-state index in [1.165, 1.54) is 10.6 Å². The zero-order valence-corrected chi connectivity index (χ0v) is 15.7. The van der Waals surface area contributed by atoms with Gasteiger partial charge in [0.05, 0.1) is 5.69 Å². The van der Waals surface area contributed by atoms with Gasteiger partial charge in [0.2, 0.25) is 5.78 Å². The van der Waals surface area contributed by atoms with Gasteiger partial charge in [-0.15, -0.1) is 11.7 Å². The normalized spacial score (nSPS) is 10.9. The van der Waals surface area contributed by atoms with Crippen molar-refractivity contribution in [3.63, 3.8) is 0 Å². The third kappa shape index (κ3) is 3.68. The lowest BCUT2D eigenvalue weighted by atomic mass is 10.1. The van der Waals surface area contributed by atoms with Crippen LogP contribution in [0.25, 0.3) is 17.2 Å². The first kappa shape index (κ1) is 18.0. The monoisotopic (exact) mass is 392 g/mol. The third-order valence-electron chi connectivity index (χ3n) is 4.19. The number of halogens is 1. The van der Waals surface area contributed by atoms with Gasteiger partial charge in [-0.1, -0.05) is 54.1 Å². The molecule has 0 aliphatic rings. The maximum absolute atomic E-state index is 12.4. The Morgan fingerprint density at radius 1 is 1.18 bits per heavy atom. The van der Waals surface area contributed by atoms with Crippen LogP contribution in [0.1, 0.15) is 11.3 Å². The quantitative estimate of drug-likeness (QED) is 0.502. The molecule has 7 heteroatoms. The number of nitrogens with one attached hydrogen (secondary N) is 1. The largest absolute Gasteiger partial charge is 0.487 e. The first-order chi connectivity index (χ1) is 13.6. The number of hydrogen-bond donors (Lipinski definition) is 1. The Hall–Kier alpha value is -3.38. The summed E-state index contributed by atoms with van der Waals surface area (Å²) in [5, 5.41) is 4.86. The van der Waals surface area contributed by atoms with Gasteiger partial charge >= 0.3 is 0 Å². The minimum Gasteiger partial charge on any atom is -0.487 e. The van der Waals surface area contributed by atoms with E-state index in [-0.39, 0.29) is 12.2 Å². The standard InChI is InChI=1S/C21H17ClN4O2/c1-2-6-14-9-10-16(22)11-18(14)28-13-17-12-19(27)26-21(23-17)24-20(25-26)15-7-4-3-5-8-15/h2-5,7-12H,1,6,13H2,(H,23,24,25).